The third-order valence-corrected chi connectivity index (χ3v) is 7.66. The average molecular weight is 680 g/mol. The van der Waals surface area contributed by atoms with Crippen molar-refractivity contribution >= 4 is 35.2 Å². The predicted molar refractivity (Wildman–Crippen MR) is 188 cm³/mol. The molecule has 0 bridgehead atoms. The minimum atomic E-state index is -0.954. The molecule has 9 N–H and O–H groups in total. The van der Waals surface area contributed by atoms with Gasteiger partial charge in [0.25, 0.3) is 0 Å². The van der Waals surface area contributed by atoms with Gasteiger partial charge in [-0.2, -0.15) is 0 Å². The van der Waals surface area contributed by atoms with Gasteiger partial charge in [-0.3, -0.25) is 28.8 Å². The molecule has 0 saturated carbocycles. The molecule has 2 rings (SSSR count). The molecule has 0 aliphatic heterocycles. The molecule has 0 aliphatic carbocycles. The van der Waals surface area contributed by atoms with Crippen LogP contribution in [0.15, 0.2) is 60.7 Å². The molecule has 268 valence electrons. The van der Waals surface area contributed by atoms with E-state index in [9.17, 15) is 28.8 Å². The SMILES string of the molecule is CC(C)C[C@H](NC(=O)CN)C(=O)N[C@@H](Cc1ccccc1)C(=O)CNCC(=O)[C@H](Cc1ccccc1)NC(=O)[C@H](CC(C)C)NC(=O)CN. The second kappa shape index (κ2) is 21.5. The van der Waals surface area contributed by atoms with Gasteiger partial charge in [-0.05, 0) is 48.6 Å². The number of carbonyl (C=O) groups is 6. The van der Waals surface area contributed by atoms with Crippen LogP contribution < -0.4 is 38.1 Å². The summed E-state index contributed by atoms with van der Waals surface area (Å²) < 4.78 is 0. The lowest BCUT2D eigenvalue weighted by Crippen LogP contribution is -2.55. The third kappa shape index (κ3) is 15.5. The molecule has 2 aromatic rings. The van der Waals surface area contributed by atoms with Crippen molar-refractivity contribution in [1.29, 1.82) is 0 Å². The van der Waals surface area contributed by atoms with Gasteiger partial charge < -0.3 is 38.1 Å². The number of nitrogens with two attached hydrogens (primary N) is 2. The molecule has 2 aromatic carbocycles. The van der Waals surface area contributed by atoms with E-state index in [1.54, 1.807) is 0 Å². The van der Waals surface area contributed by atoms with Gasteiger partial charge in [-0.15, -0.1) is 0 Å². The van der Waals surface area contributed by atoms with E-state index in [-0.39, 0.29) is 62.4 Å². The lowest BCUT2D eigenvalue weighted by atomic mass is 9.99. The molecular formula is C36H53N7O6. The summed E-state index contributed by atoms with van der Waals surface area (Å²) in [6.07, 6.45) is 1.08. The molecule has 0 fully saturated rings. The lowest BCUT2D eigenvalue weighted by Gasteiger charge is -2.25. The van der Waals surface area contributed by atoms with Crippen LogP contribution in [0.1, 0.15) is 51.7 Å². The Balaban J connectivity index is 2.19. The summed E-state index contributed by atoms with van der Waals surface area (Å²) in [4.78, 5) is 77.8. The van der Waals surface area contributed by atoms with Crippen molar-refractivity contribution in [2.75, 3.05) is 26.2 Å². The first-order valence-corrected chi connectivity index (χ1v) is 16.8. The standard InChI is InChI=1S/C36H53N7O6/c1-23(2)15-29(40-33(46)19-37)35(48)42-27(17-25-11-7-5-8-12-25)31(44)21-39-22-32(45)28(18-26-13-9-6-10-14-26)43-36(49)30(16-24(3)4)41-34(47)20-38/h5-14,23-24,27-30,39H,15-22,37-38H2,1-4H3,(H,40,46)(H,41,47)(H,42,48)(H,43,49)/t27-,28-,29-,30-/m0/s1. The van der Waals surface area contributed by atoms with Crippen LogP contribution >= 0.6 is 0 Å². The molecule has 0 radical (unpaired) electrons. The first-order valence-electron chi connectivity index (χ1n) is 16.8. The second-order valence-corrected chi connectivity index (χ2v) is 12.9. The van der Waals surface area contributed by atoms with Crippen LogP contribution in [-0.4, -0.2) is 85.5 Å². The number of hydrogen-bond donors (Lipinski definition) is 7. The van der Waals surface area contributed by atoms with Gasteiger partial charge in [0.15, 0.2) is 11.6 Å². The number of hydrogen-bond acceptors (Lipinski definition) is 9. The number of ketones is 2. The number of benzene rings is 2. The highest BCUT2D eigenvalue weighted by molar-refractivity contribution is 5.96. The second-order valence-electron chi connectivity index (χ2n) is 12.9. The molecule has 49 heavy (non-hydrogen) atoms. The molecule has 0 saturated heterocycles. The van der Waals surface area contributed by atoms with Gasteiger partial charge in [0.05, 0.1) is 38.3 Å². The fraction of sp³-hybridized carbons (Fsp3) is 0.500. The molecule has 0 unspecified atom stereocenters. The summed E-state index contributed by atoms with van der Waals surface area (Å²) in [7, 11) is 0. The van der Waals surface area contributed by atoms with Gasteiger partial charge in [0.2, 0.25) is 23.6 Å². The zero-order chi connectivity index (χ0) is 36.3. The Hall–Kier alpha value is -4.46. The Morgan fingerprint density at radius 1 is 0.531 bits per heavy atom. The van der Waals surface area contributed by atoms with E-state index in [1.807, 2.05) is 88.4 Å². The zero-order valence-corrected chi connectivity index (χ0v) is 29.0. The van der Waals surface area contributed by atoms with Crippen molar-refractivity contribution in [1.82, 2.24) is 26.6 Å². The van der Waals surface area contributed by atoms with E-state index < -0.39 is 47.8 Å². The Labute approximate surface area is 289 Å². The summed E-state index contributed by atoms with van der Waals surface area (Å²) in [5.41, 5.74) is 12.5. The number of rotatable bonds is 22. The highest BCUT2D eigenvalue weighted by Crippen LogP contribution is 2.10. The van der Waals surface area contributed by atoms with E-state index in [4.69, 9.17) is 11.5 Å². The van der Waals surface area contributed by atoms with Gasteiger partial charge in [0, 0.05) is 0 Å². The topological polar surface area (TPSA) is 215 Å². The Morgan fingerprint density at radius 3 is 1.18 bits per heavy atom. The molecule has 4 amide bonds. The van der Waals surface area contributed by atoms with Gasteiger partial charge in [-0.1, -0.05) is 88.4 Å². The quantitative estimate of drug-likeness (QED) is 0.0901. The monoisotopic (exact) mass is 679 g/mol. The number of carbonyl (C=O) groups excluding carboxylic acids is 6. The molecule has 4 atom stereocenters. The molecule has 13 nitrogen and oxygen atoms in total. The van der Waals surface area contributed by atoms with Gasteiger partial charge >= 0.3 is 0 Å². The zero-order valence-electron chi connectivity index (χ0n) is 29.0. The van der Waals surface area contributed by atoms with E-state index >= 15 is 0 Å². The van der Waals surface area contributed by atoms with Crippen LogP contribution in [0.5, 0.6) is 0 Å². The third-order valence-electron chi connectivity index (χ3n) is 7.66. The molecule has 0 spiro atoms. The van der Waals surface area contributed by atoms with Gasteiger partial charge in [-0.25, -0.2) is 0 Å². The Bertz CT molecular complexity index is 1270. The van der Waals surface area contributed by atoms with Crippen molar-refractivity contribution in [3.63, 3.8) is 0 Å². The predicted octanol–water partition coefficient (Wildman–Crippen LogP) is 0.148. The minimum absolute atomic E-state index is 0.0756. The van der Waals surface area contributed by atoms with Crippen LogP contribution in [0.2, 0.25) is 0 Å². The van der Waals surface area contributed by atoms with E-state index in [1.165, 1.54) is 0 Å². The molecule has 13 heteroatoms. The van der Waals surface area contributed by atoms with E-state index in [0.29, 0.717) is 12.8 Å². The fourth-order valence-corrected chi connectivity index (χ4v) is 5.20. The van der Waals surface area contributed by atoms with Crippen molar-refractivity contribution in [2.45, 2.75) is 77.5 Å². The van der Waals surface area contributed by atoms with Crippen LogP contribution in [0, 0.1) is 11.8 Å². The lowest BCUT2D eigenvalue weighted by molar-refractivity contribution is -0.131. The first-order chi connectivity index (χ1) is 23.3. The first kappa shape index (κ1) is 40.7. The molecule has 0 aromatic heterocycles. The number of nitrogens with one attached hydrogen (secondary N) is 5. The largest absolute Gasteiger partial charge is 0.344 e. The minimum Gasteiger partial charge on any atom is -0.344 e. The molecular weight excluding hydrogens is 626 g/mol. The Morgan fingerprint density at radius 2 is 0.878 bits per heavy atom. The summed E-state index contributed by atoms with van der Waals surface area (Å²) >= 11 is 0. The van der Waals surface area contributed by atoms with Crippen molar-refractivity contribution in [3.8, 4) is 0 Å². The maximum absolute atomic E-state index is 13.5. The van der Waals surface area contributed by atoms with Crippen LogP contribution in [0.25, 0.3) is 0 Å². The van der Waals surface area contributed by atoms with Crippen molar-refractivity contribution in [2.24, 2.45) is 23.3 Å². The van der Waals surface area contributed by atoms with Gasteiger partial charge in [0.1, 0.15) is 12.1 Å². The highest BCUT2D eigenvalue weighted by atomic mass is 16.2. The molecule has 0 aliphatic rings. The average Bonchev–Trinajstić information content (AvgIpc) is 3.07. The normalized spacial score (nSPS) is 13.6. The summed E-state index contributed by atoms with van der Waals surface area (Å²) in [6.45, 7) is 6.60. The molecule has 0 heterocycles. The fourth-order valence-electron chi connectivity index (χ4n) is 5.20. The van der Waals surface area contributed by atoms with E-state index in [0.717, 1.165) is 11.1 Å². The highest BCUT2D eigenvalue weighted by Gasteiger charge is 2.29. The maximum Gasteiger partial charge on any atom is 0.243 e. The summed E-state index contributed by atoms with van der Waals surface area (Å²) in [5.74, 6) is -2.58. The van der Waals surface area contributed by atoms with Crippen LogP contribution in [0.4, 0.5) is 0 Å². The number of Topliss-reactive ketones (excluding diaryl/α,β-unsaturated/α-hetero) is 2. The Kier molecular flexibility index (Phi) is 17.9. The van der Waals surface area contributed by atoms with Crippen molar-refractivity contribution < 1.29 is 28.8 Å². The van der Waals surface area contributed by atoms with Crippen molar-refractivity contribution in [3.05, 3.63) is 71.8 Å². The number of amides is 4. The summed E-state index contributed by atoms with van der Waals surface area (Å²) in [5, 5.41) is 13.8. The van der Waals surface area contributed by atoms with Crippen LogP contribution in [0.3, 0.4) is 0 Å². The van der Waals surface area contributed by atoms with Crippen LogP contribution in [-0.2, 0) is 41.6 Å². The van der Waals surface area contributed by atoms with E-state index in [2.05, 4.69) is 26.6 Å². The summed E-state index contributed by atoms with van der Waals surface area (Å²) in [6, 6.07) is 14.7. The smallest absolute Gasteiger partial charge is 0.243 e. The maximum atomic E-state index is 13.5.